The van der Waals surface area contributed by atoms with Crippen molar-refractivity contribution in [1.82, 2.24) is 10.2 Å². The van der Waals surface area contributed by atoms with Gasteiger partial charge in [0, 0.05) is 36.5 Å². The molecule has 1 aromatic rings. The van der Waals surface area contributed by atoms with Gasteiger partial charge in [-0.1, -0.05) is 24.3 Å². The monoisotopic (exact) mass is 498 g/mol. The molecule has 186 valence electrons. The van der Waals surface area contributed by atoms with Crippen molar-refractivity contribution in [3.05, 3.63) is 59.3 Å². The van der Waals surface area contributed by atoms with Crippen LogP contribution in [0, 0.1) is 5.41 Å². The third kappa shape index (κ3) is 7.85. The van der Waals surface area contributed by atoms with Crippen LogP contribution >= 0.6 is 7.82 Å². The van der Waals surface area contributed by atoms with E-state index < -0.39 is 39.0 Å². The zero-order chi connectivity index (χ0) is 25.5. The second-order valence-corrected chi connectivity index (χ2v) is 8.59. The van der Waals surface area contributed by atoms with Gasteiger partial charge in [-0.05, 0) is 12.1 Å². The topological polar surface area (TPSA) is 216 Å². The summed E-state index contributed by atoms with van der Waals surface area (Å²) in [4.78, 5) is 41.7. The fraction of sp³-hybridized carbons (Fsp3) is 0.350. The first-order valence-electron chi connectivity index (χ1n) is 9.92. The number of phosphoric ester groups is 1. The lowest BCUT2D eigenvalue weighted by molar-refractivity contribution is -0.0709. The largest absolute Gasteiger partial charge is 0.469 e. The van der Waals surface area contributed by atoms with Crippen LogP contribution in [0.4, 0.5) is 0 Å². The molecule has 1 amide bonds. The van der Waals surface area contributed by atoms with Crippen molar-refractivity contribution >= 4 is 25.9 Å². The molecule has 0 aliphatic carbocycles. The van der Waals surface area contributed by atoms with Crippen molar-refractivity contribution in [1.29, 1.82) is 5.41 Å². The van der Waals surface area contributed by atoms with Gasteiger partial charge in [-0.2, -0.15) is 0 Å². The number of nitrogens with zero attached hydrogens (tertiary/aromatic N) is 1. The van der Waals surface area contributed by atoms with Gasteiger partial charge in [-0.25, -0.2) is 4.57 Å². The first-order chi connectivity index (χ1) is 15.9. The maximum absolute atomic E-state index is 12.1. The summed E-state index contributed by atoms with van der Waals surface area (Å²) >= 11 is 0. The minimum Gasteiger partial charge on any atom is -0.387 e. The van der Waals surface area contributed by atoms with E-state index in [1.807, 2.05) is 0 Å². The van der Waals surface area contributed by atoms with Crippen LogP contribution in [-0.4, -0.2) is 87.7 Å². The molecule has 4 atom stereocenters. The third-order valence-corrected chi connectivity index (χ3v) is 5.27. The fourth-order valence-corrected chi connectivity index (χ4v) is 3.36. The van der Waals surface area contributed by atoms with E-state index in [1.165, 1.54) is 54.6 Å². The van der Waals surface area contributed by atoms with Crippen molar-refractivity contribution in [2.24, 2.45) is 5.73 Å². The second-order valence-electron chi connectivity index (χ2n) is 7.35. The molecule has 0 aromatic heterocycles. The van der Waals surface area contributed by atoms with E-state index >= 15 is 0 Å². The van der Waals surface area contributed by atoms with Crippen molar-refractivity contribution in [2.45, 2.75) is 24.5 Å². The molecular formula is C20H27N4O9P. The van der Waals surface area contributed by atoms with E-state index in [0.29, 0.717) is 17.4 Å². The van der Waals surface area contributed by atoms with E-state index in [4.69, 9.17) is 25.7 Å². The number of phosphoric acid groups is 1. The lowest BCUT2D eigenvalue weighted by Gasteiger charge is -2.25. The van der Waals surface area contributed by atoms with Gasteiger partial charge in [0.05, 0.1) is 6.61 Å². The number of hydrogen-bond donors (Lipinski definition) is 7. The van der Waals surface area contributed by atoms with Gasteiger partial charge >= 0.3 is 7.82 Å². The molecule has 0 radical (unpaired) electrons. The standard InChI is InChI=1S/C20H27N4O9P/c1-24(20-17(27)16(26)15(33-20)11-32-34(29,30)31)9-14(18(21)22)3-2-8-23-19(28)13-6-4-12(10-25)5-7-13/h2-7,9-10,15-17,20,26-27H,8,11H2,1H3,(H3,21,22)(H,23,28)(H2,29,30,31)/b3-2+,14-9-. The molecular weight excluding hydrogens is 471 g/mol. The highest BCUT2D eigenvalue weighted by Gasteiger charge is 2.45. The van der Waals surface area contributed by atoms with E-state index in [9.17, 15) is 24.4 Å². The highest BCUT2D eigenvalue weighted by molar-refractivity contribution is 7.46. The summed E-state index contributed by atoms with van der Waals surface area (Å²) in [6, 6.07) is 6.06. The highest BCUT2D eigenvalue weighted by Crippen LogP contribution is 2.37. The van der Waals surface area contributed by atoms with Crippen LogP contribution in [0.3, 0.4) is 0 Å². The molecule has 2 rings (SSSR count). The predicted molar refractivity (Wildman–Crippen MR) is 120 cm³/mol. The zero-order valence-corrected chi connectivity index (χ0v) is 19.0. The summed E-state index contributed by atoms with van der Waals surface area (Å²) in [5.41, 5.74) is 6.60. The number of likely N-dealkylation sites (N-methyl/N-ethyl adjacent to an activating group) is 1. The molecule has 14 heteroatoms. The van der Waals surface area contributed by atoms with Gasteiger partial charge in [0.25, 0.3) is 5.91 Å². The number of aldehydes is 1. The average Bonchev–Trinajstić information content (AvgIpc) is 3.07. The molecule has 8 N–H and O–H groups in total. The number of hydrogen-bond acceptors (Lipinski definition) is 9. The molecule has 0 saturated carbocycles. The minimum atomic E-state index is -4.79. The van der Waals surface area contributed by atoms with Gasteiger partial charge in [0.15, 0.2) is 6.23 Å². The molecule has 1 heterocycles. The normalized spacial score (nSPS) is 23.1. The number of carbonyl (C=O) groups is 2. The molecule has 1 aromatic carbocycles. The van der Waals surface area contributed by atoms with E-state index in [0.717, 1.165) is 0 Å². The van der Waals surface area contributed by atoms with Crippen LogP contribution in [0.15, 0.2) is 48.2 Å². The Kier molecular flexibility index (Phi) is 9.65. The van der Waals surface area contributed by atoms with Crippen molar-refractivity contribution in [3.8, 4) is 0 Å². The SMILES string of the molecule is CN(/C=C(/C=C/CNC(=O)c1ccc(C=O)cc1)C(=N)N)C1OC(COP(=O)(O)O)C(O)C1O. The van der Waals surface area contributed by atoms with Gasteiger partial charge in [0.2, 0.25) is 0 Å². The number of nitrogens with one attached hydrogen (secondary N) is 2. The zero-order valence-electron chi connectivity index (χ0n) is 18.1. The second kappa shape index (κ2) is 12.0. The number of amidine groups is 1. The smallest absolute Gasteiger partial charge is 0.387 e. The number of aliphatic hydroxyl groups is 2. The molecule has 1 aliphatic heterocycles. The Morgan fingerprint density at radius 3 is 2.50 bits per heavy atom. The summed E-state index contributed by atoms with van der Waals surface area (Å²) in [6.45, 7) is -0.542. The number of benzene rings is 1. The van der Waals surface area contributed by atoms with Crippen LogP contribution in [0.2, 0.25) is 0 Å². The number of ether oxygens (including phenoxy) is 1. The van der Waals surface area contributed by atoms with Crippen molar-refractivity contribution in [3.63, 3.8) is 0 Å². The first kappa shape index (κ1) is 27.3. The number of rotatable bonds is 11. The summed E-state index contributed by atoms with van der Waals surface area (Å²) in [7, 11) is -3.31. The Morgan fingerprint density at radius 1 is 1.29 bits per heavy atom. The predicted octanol–water partition coefficient (Wildman–Crippen LogP) is -0.907. The number of carbonyl (C=O) groups excluding carboxylic acids is 2. The number of nitrogens with two attached hydrogens (primary N) is 1. The van der Waals surface area contributed by atoms with Crippen molar-refractivity contribution < 1.29 is 43.4 Å². The van der Waals surface area contributed by atoms with Crippen LogP contribution in [0.5, 0.6) is 0 Å². The molecule has 13 nitrogen and oxygen atoms in total. The lowest BCUT2D eigenvalue weighted by Crippen LogP contribution is -2.40. The van der Waals surface area contributed by atoms with Gasteiger partial charge in [-0.15, -0.1) is 0 Å². The van der Waals surface area contributed by atoms with Gasteiger partial charge < -0.3 is 40.7 Å². The Balaban J connectivity index is 1.98. The summed E-state index contributed by atoms with van der Waals surface area (Å²) < 4.78 is 20.6. The van der Waals surface area contributed by atoms with E-state index in [1.54, 1.807) is 0 Å². The van der Waals surface area contributed by atoms with E-state index in [2.05, 4.69) is 9.84 Å². The Hall–Kier alpha value is -2.90. The summed E-state index contributed by atoms with van der Waals surface area (Å²) in [6.07, 6.45) is -0.187. The minimum absolute atomic E-state index is 0.103. The number of aliphatic hydroxyl groups excluding tert-OH is 2. The fourth-order valence-electron chi connectivity index (χ4n) is 3.02. The summed E-state index contributed by atoms with van der Waals surface area (Å²) in [5, 5.41) is 30.7. The van der Waals surface area contributed by atoms with Crippen LogP contribution in [0.1, 0.15) is 20.7 Å². The first-order valence-corrected chi connectivity index (χ1v) is 11.5. The van der Waals surface area contributed by atoms with Gasteiger partial charge in [-0.3, -0.25) is 19.5 Å². The molecule has 0 bridgehead atoms. The lowest BCUT2D eigenvalue weighted by atomic mass is 10.1. The number of amides is 1. The molecule has 1 fully saturated rings. The van der Waals surface area contributed by atoms with E-state index in [-0.39, 0.29) is 23.9 Å². The maximum Gasteiger partial charge on any atom is 0.469 e. The summed E-state index contributed by atoms with van der Waals surface area (Å²) in [5.74, 6) is -0.694. The molecule has 0 spiro atoms. The highest BCUT2D eigenvalue weighted by atomic mass is 31.2. The Morgan fingerprint density at radius 2 is 1.94 bits per heavy atom. The van der Waals surface area contributed by atoms with Crippen LogP contribution < -0.4 is 11.1 Å². The Bertz CT molecular complexity index is 992. The third-order valence-electron chi connectivity index (χ3n) is 4.79. The molecule has 4 unspecified atom stereocenters. The quantitative estimate of drug-likeness (QED) is 0.0652. The van der Waals surface area contributed by atoms with Crippen molar-refractivity contribution in [2.75, 3.05) is 20.2 Å². The maximum atomic E-state index is 12.1. The molecule has 1 saturated heterocycles. The molecule has 34 heavy (non-hydrogen) atoms. The average molecular weight is 498 g/mol. The molecule has 1 aliphatic rings. The van der Waals surface area contributed by atoms with Crippen LogP contribution in [-0.2, 0) is 13.8 Å². The Labute approximate surface area is 195 Å². The van der Waals surface area contributed by atoms with Crippen LogP contribution in [0.25, 0.3) is 0 Å². The van der Waals surface area contributed by atoms with Gasteiger partial charge in [0.1, 0.15) is 30.4 Å².